The van der Waals surface area contributed by atoms with E-state index in [0.717, 1.165) is 31.7 Å². The Morgan fingerprint density at radius 3 is 2.85 bits per heavy atom. The van der Waals surface area contributed by atoms with E-state index in [4.69, 9.17) is 10.8 Å². The van der Waals surface area contributed by atoms with E-state index in [9.17, 15) is 9.59 Å². The number of piperidine rings is 1. The molecule has 1 fully saturated rings. The zero-order chi connectivity index (χ0) is 14.5. The summed E-state index contributed by atoms with van der Waals surface area (Å²) in [5.41, 5.74) is 5.58. The molecule has 0 aromatic carbocycles. The summed E-state index contributed by atoms with van der Waals surface area (Å²) in [6, 6.07) is 3.46. The van der Waals surface area contributed by atoms with Gasteiger partial charge in [-0.25, -0.2) is 4.98 Å². The van der Waals surface area contributed by atoms with E-state index in [1.54, 1.807) is 12.1 Å². The number of carboxylic acid groups (broad SMARTS) is 1. The Kier molecular flexibility index (Phi) is 4.55. The second-order valence-corrected chi connectivity index (χ2v) is 5.16. The van der Waals surface area contributed by atoms with Gasteiger partial charge in [-0.05, 0) is 37.3 Å². The Bertz CT molecular complexity index is 487. The number of pyridine rings is 1. The van der Waals surface area contributed by atoms with Gasteiger partial charge in [-0.2, -0.15) is 0 Å². The molecule has 1 aliphatic rings. The predicted molar refractivity (Wildman–Crippen MR) is 74.6 cm³/mol. The maximum atomic E-state index is 11.0. The molecule has 0 radical (unpaired) electrons. The quantitative estimate of drug-likeness (QED) is 0.844. The van der Waals surface area contributed by atoms with Gasteiger partial charge in [-0.3, -0.25) is 9.59 Å². The molecule has 2 rings (SSSR count). The lowest BCUT2D eigenvalue weighted by Gasteiger charge is -2.33. The molecule has 6 nitrogen and oxygen atoms in total. The Hall–Kier alpha value is -2.11. The number of carboxylic acids is 1. The second kappa shape index (κ2) is 6.36. The lowest BCUT2D eigenvalue weighted by atomic mass is 9.93. The highest BCUT2D eigenvalue weighted by molar-refractivity contribution is 5.92. The molecule has 0 saturated carbocycles. The van der Waals surface area contributed by atoms with Crippen molar-refractivity contribution in [3.8, 4) is 0 Å². The smallest absolute Gasteiger partial charge is 0.303 e. The third-order valence-electron chi connectivity index (χ3n) is 3.64. The van der Waals surface area contributed by atoms with Crippen molar-refractivity contribution in [2.45, 2.75) is 25.7 Å². The maximum absolute atomic E-state index is 11.0. The third kappa shape index (κ3) is 3.69. The summed E-state index contributed by atoms with van der Waals surface area (Å²) in [5.74, 6) is -0.0272. The van der Waals surface area contributed by atoms with Crippen LogP contribution in [0, 0.1) is 5.92 Å². The van der Waals surface area contributed by atoms with Crippen LogP contribution in [0.15, 0.2) is 18.3 Å². The lowest BCUT2D eigenvalue weighted by molar-refractivity contribution is -0.137. The van der Waals surface area contributed by atoms with E-state index < -0.39 is 11.9 Å². The van der Waals surface area contributed by atoms with Gasteiger partial charge >= 0.3 is 5.97 Å². The Balaban J connectivity index is 1.97. The van der Waals surface area contributed by atoms with Crippen molar-refractivity contribution in [3.63, 3.8) is 0 Å². The fraction of sp³-hybridized carbons (Fsp3) is 0.500. The SMILES string of the molecule is NC(=O)c1ccc(N2CCCC(CCC(=O)O)C2)nc1. The molecule has 2 heterocycles. The van der Waals surface area contributed by atoms with Gasteiger partial charge in [0.25, 0.3) is 0 Å². The van der Waals surface area contributed by atoms with Gasteiger partial charge in [-0.1, -0.05) is 0 Å². The number of primary amides is 1. The Morgan fingerprint density at radius 1 is 1.45 bits per heavy atom. The lowest BCUT2D eigenvalue weighted by Crippen LogP contribution is -2.36. The first-order valence-corrected chi connectivity index (χ1v) is 6.79. The second-order valence-electron chi connectivity index (χ2n) is 5.16. The largest absolute Gasteiger partial charge is 0.481 e. The highest BCUT2D eigenvalue weighted by Gasteiger charge is 2.21. The molecule has 0 bridgehead atoms. The Morgan fingerprint density at radius 2 is 2.25 bits per heavy atom. The average molecular weight is 277 g/mol. The normalized spacial score (nSPS) is 18.8. The topological polar surface area (TPSA) is 96.5 Å². The molecule has 1 amide bonds. The minimum Gasteiger partial charge on any atom is -0.481 e. The highest BCUT2D eigenvalue weighted by atomic mass is 16.4. The summed E-state index contributed by atoms with van der Waals surface area (Å²) in [6.45, 7) is 1.72. The molecule has 108 valence electrons. The molecule has 20 heavy (non-hydrogen) atoms. The first kappa shape index (κ1) is 14.3. The van der Waals surface area contributed by atoms with Crippen molar-refractivity contribution in [3.05, 3.63) is 23.9 Å². The van der Waals surface area contributed by atoms with Crippen LogP contribution >= 0.6 is 0 Å². The third-order valence-corrected chi connectivity index (χ3v) is 3.64. The molecule has 1 aromatic rings. The number of hydrogen-bond donors (Lipinski definition) is 2. The van der Waals surface area contributed by atoms with Crippen LogP contribution in [-0.4, -0.2) is 35.1 Å². The monoisotopic (exact) mass is 277 g/mol. The number of aromatic nitrogens is 1. The molecule has 0 spiro atoms. The summed E-state index contributed by atoms with van der Waals surface area (Å²) in [6.07, 6.45) is 4.49. The number of nitrogens with zero attached hydrogens (tertiary/aromatic N) is 2. The molecule has 6 heteroatoms. The van der Waals surface area contributed by atoms with E-state index in [2.05, 4.69) is 9.88 Å². The first-order valence-electron chi connectivity index (χ1n) is 6.79. The fourth-order valence-electron chi connectivity index (χ4n) is 2.56. The molecule has 1 aliphatic heterocycles. The fourth-order valence-corrected chi connectivity index (χ4v) is 2.56. The number of amides is 1. The number of carbonyl (C=O) groups excluding carboxylic acids is 1. The summed E-state index contributed by atoms with van der Waals surface area (Å²) in [5, 5.41) is 8.74. The van der Waals surface area contributed by atoms with Crippen molar-refractivity contribution < 1.29 is 14.7 Å². The predicted octanol–water partition coefficient (Wildman–Crippen LogP) is 1.26. The van der Waals surface area contributed by atoms with Crippen LogP contribution in [0.25, 0.3) is 0 Å². The molecule has 1 aromatic heterocycles. The van der Waals surface area contributed by atoms with Gasteiger partial charge in [-0.15, -0.1) is 0 Å². The average Bonchev–Trinajstić information content (AvgIpc) is 2.45. The zero-order valence-electron chi connectivity index (χ0n) is 11.3. The summed E-state index contributed by atoms with van der Waals surface area (Å²) in [7, 11) is 0. The first-order chi connectivity index (χ1) is 9.56. The van der Waals surface area contributed by atoms with E-state index in [1.807, 2.05) is 0 Å². The molecule has 1 atom stereocenters. The minimum absolute atomic E-state index is 0.215. The standard InChI is InChI=1S/C14H19N3O3/c15-14(20)11-4-5-12(16-8-11)17-7-1-2-10(9-17)3-6-13(18)19/h4-5,8,10H,1-3,6-7,9H2,(H2,15,20)(H,18,19). The number of carbonyl (C=O) groups is 2. The summed E-state index contributed by atoms with van der Waals surface area (Å²) in [4.78, 5) is 28.0. The summed E-state index contributed by atoms with van der Waals surface area (Å²) < 4.78 is 0. The highest BCUT2D eigenvalue weighted by Crippen LogP contribution is 2.24. The van der Waals surface area contributed by atoms with E-state index >= 15 is 0 Å². The van der Waals surface area contributed by atoms with Crippen molar-refractivity contribution >= 4 is 17.7 Å². The van der Waals surface area contributed by atoms with Gasteiger partial charge in [0.1, 0.15) is 5.82 Å². The Labute approximate surface area is 117 Å². The molecule has 1 saturated heterocycles. The number of anilines is 1. The van der Waals surface area contributed by atoms with Crippen LogP contribution < -0.4 is 10.6 Å². The van der Waals surface area contributed by atoms with Crippen molar-refractivity contribution in [2.75, 3.05) is 18.0 Å². The summed E-state index contributed by atoms with van der Waals surface area (Å²) >= 11 is 0. The van der Waals surface area contributed by atoms with Crippen LogP contribution in [0.2, 0.25) is 0 Å². The van der Waals surface area contributed by atoms with E-state index in [0.29, 0.717) is 17.9 Å². The number of nitrogens with two attached hydrogens (primary N) is 1. The van der Waals surface area contributed by atoms with Crippen LogP contribution in [-0.2, 0) is 4.79 Å². The van der Waals surface area contributed by atoms with Crippen molar-refractivity contribution in [2.24, 2.45) is 11.7 Å². The number of rotatable bonds is 5. The van der Waals surface area contributed by atoms with E-state index in [-0.39, 0.29) is 6.42 Å². The molecular weight excluding hydrogens is 258 g/mol. The van der Waals surface area contributed by atoms with E-state index in [1.165, 1.54) is 6.20 Å². The van der Waals surface area contributed by atoms with Gasteiger partial charge in [0.2, 0.25) is 5.91 Å². The molecule has 1 unspecified atom stereocenters. The number of hydrogen-bond acceptors (Lipinski definition) is 4. The van der Waals surface area contributed by atoms with Gasteiger partial charge < -0.3 is 15.7 Å². The van der Waals surface area contributed by atoms with Crippen LogP contribution in [0.1, 0.15) is 36.0 Å². The molecular formula is C14H19N3O3. The van der Waals surface area contributed by atoms with Crippen LogP contribution in [0.5, 0.6) is 0 Å². The van der Waals surface area contributed by atoms with Gasteiger partial charge in [0.15, 0.2) is 0 Å². The minimum atomic E-state index is -0.744. The molecule has 3 N–H and O–H groups in total. The molecule has 0 aliphatic carbocycles. The maximum Gasteiger partial charge on any atom is 0.303 e. The van der Waals surface area contributed by atoms with Crippen LogP contribution in [0.3, 0.4) is 0 Å². The van der Waals surface area contributed by atoms with Crippen molar-refractivity contribution in [1.82, 2.24) is 4.98 Å². The van der Waals surface area contributed by atoms with Gasteiger partial charge in [0.05, 0.1) is 5.56 Å². The van der Waals surface area contributed by atoms with Crippen molar-refractivity contribution in [1.29, 1.82) is 0 Å². The zero-order valence-corrected chi connectivity index (χ0v) is 11.3. The number of aliphatic carboxylic acids is 1. The van der Waals surface area contributed by atoms with Gasteiger partial charge in [0, 0.05) is 25.7 Å². The van der Waals surface area contributed by atoms with Crippen LogP contribution in [0.4, 0.5) is 5.82 Å².